The van der Waals surface area contributed by atoms with Crippen LogP contribution in [0.15, 0.2) is 6.07 Å². The van der Waals surface area contributed by atoms with Crippen LogP contribution < -0.4 is 4.74 Å². The Bertz CT molecular complexity index is 352. The molecule has 0 saturated carbocycles. The molecule has 0 heterocycles. The molecule has 1 aromatic carbocycles. The summed E-state index contributed by atoms with van der Waals surface area (Å²) in [5.74, 6) is -2.61. The van der Waals surface area contributed by atoms with Crippen LogP contribution in [0.3, 0.4) is 0 Å². The Morgan fingerprint density at radius 1 is 1.46 bits per heavy atom. The molecule has 5 heteroatoms. The average Bonchev–Trinajstić information content (AvgIpc) is 2.15. The number of hydrogen-bond acceptors (Lipinski definition) is 2. The number of carbonyl (C=O) groups is 1. The molecule has 0 radical (unpaired) electrons. The molecule has 0 unspecified atom stereocenters. The maximum atomic E-state index is 12.9. The molecule has 0 atom stereocenters. The Kier molecular flexibility index (Phi) is 2.83. The summed E-state index contributed by atoms with van der Waals surface area (Å²) in [7, 11) is 1.24. The van der Waals surface area contributed by atoms with Crippen LogP contribution in [0.5, 0.6) is 5.75 Å². The Hall–Kier alpha value is -1.16. The van der Waals surface area contributed by atoms with E-state index in [2.05, 4.69) is 4.74 Å². The first kappa shape index (κ1) is 9.92. The number of ether oxygens (including phenoxy) is 1. The van der Waals surface area contributed by atoms with Gasteiger partial charge >= 0.3 is 0 Å². The minimum atomic E-state index is -1.27. The lowest BCUT2D eigenvalue weighted by Gasteiger charge is -2.05. The van der Waals surface area contributed by atoms with E-state index in [1.54, 1.807) is 0 Å². The number of carbonyl (C=O) groups excluding carboxylic acids is 1. The molecule has 1 rings (SSSR count). The fraction of sp³-hybridized carbons (Fsp3) is 0.125. The van der Waals surface area contributed by atoms with Crippen molar-refractivity contribution in [3.05, 3.63) is 28.3 Å². The van der Waals surface area contributed by atoms with Gasteiger partial charge in [-0.15, -0.1) is 0 Å². The van der Waals surface area contributed by atoms with Gasteiger partial charge in [0.25, 0.3) is 0 Å². The van der Waals surface area contributed by atoms with Gasteiger partial charge in [0, 0.05) is 0 Å². The van der Waals surface area contributed by atoms with Gasteiger partial charge in [-0.2, -0.15) is 0 Å². The third-order valence-electron chi connectivity index (χ3n) is 1.49. The predicted molar refractivity (Wildman–Crippen MR) is 43.3 cm³/mol. The number of rotatable bonds is 2. The number of hydrogen-bond donors (Lipinski definition) is 0. The summed E-state index contributed by atoms with van der Waals surface area (Å²) < 4.78 is 30.3. The minimum absolute atomic E-state index is 0.0670. The van der Waals surface area contributed by atoms with Gasteiger partial charge in [-0.3, -0.25) is 4.79 Å². The van der Waals surface area contributed by atoms with E-state index in [1.165, 1.54) is 7.11 Å². The Labute approximate surface area is 78.1 Å². The van der Waals surface area contributed by atoms with E-state index in [0.29, 0.717) is 0 Å². The van der Waals surface area contributed by atoms with Crippen molar-refractivity contribution in [3.63, 3.8) is 0 Å². The third kappa shape index (κ3) is 1.62. The van der Waals surface area contributed by atoms with Crippen LogP contribution >= 0.6 is 11.6 Å². The number of benzene rings is 1. The van der Waals surface area contributed by atoms with Crippen LogP contribution in [0.2, 0.25) is 5.02 Å². The van der Waals surface area contributed by atoms with Gasteiger partial charge < -0.3 is 4.74 Å². The number of methoxy groups -OCH3 is 1. The normalized spacial score (nSPS) is 9.85. The molecule has 0 fully saturated rings. The second-order valence-electron chi connectivity index (χ2n) is 2.23. The lowest BCUT2D eigenvalue weighted by molar-refractivity contribution is 0.111. The fourth-order valence-electron chi connectivity index (χ4n) is 0.833. The van der Waals surface area contributed by atoms with E-state index < -0.39 is 22.2 Å². The topological polar surface area (TPSA) is 26.3 Å². The largest absolute Gasteiger partial charge is 0.495 e. The molecule has 0 saturated heterocycles. The predicted octanol–water partition coefficient (Wildman–Crippen LogP) is 2.44. The zero-order chi connectivity index (χ0) is 10.0. The highest BCUT2D eigenvalue weighted by atomic mass is 35.5. The summed E-state index contributed by atoms with van der Waals surface area (Å²) in [6.45, 7) is 0. The molecule has 2 nitrogen and oxygen atoms in total. The lowest BCUT2D eigenvalue weighted by atomic mass is 10.2. The standard InChI is InChI=1S/C8H5ClF2O2/c1-13-5-2-4(3-12)7(10)8(11)6(5)9/h2-3H,1H3. The van der Waals surface area contributed by atoms with Crippen LogP contribution in [0, 0.1) is 11.6 Å². The molecular formula is C8H5ClF2O2. The summed E-state index contributed by atoms with van der Waals surface area (Å²) >= 11 is 5.37. The molecule has 1 aromatic rings. The van der Waals surface area contributed by atoms with E-state index in [1.807, 2.05) is 0 Å². The average molecular weight is 207 g/mol. The first-order valence-corrected chi connectivity index (χ1v) is 3.66. The molecule has 0 spiro atoms. The monoisotopic (exact) mass is 206 g/mol. The molecule has 0 aliphatic heterocycles. The molecule has 0 aromatic heterocycles. The lowest BCUT2D eigenvalue weighted by Crippen LogP contribution is -1.97. The highest BCUT2D eigenvalue weighted by Gasteiger charge is 2.16. The second kappa shape index (κ2) is 3.70. The van der Waals surface area contributed by atoms with E-state index in [4.69, 9.17) is 11.6 Å². The zero-order valence-electron chi connectivity index (χ0n) is 6.61. The van der Waals surface area contributed by atoms with Crippen LogP contribution in [0.4, 0.5) is 8.78 Å². The highest BCUT2D eigenvalue weighted by Crippen LogP contribution is 2.30. The molecule has 0 bridgehead atoms. The van der Waals surface area contributed by atoms with Crippen molar-refractivity contribution in [3.8, 4) is 5.75 Å². The van der Waals surface area contributed by atoms with Crippen molar-refractivity contribution in [1.29, 1.82) is 0 Å². The number of aldehydes is 1. The summed E-state index contributed by atoms with van der Waals surface area (Å²) in [5, 5.41) is -0.467. The first-order valence-electron chi connectivity index (χ1n) is 3.28. The number of halogens is 3. The van der Waals surface area contributed by atoms with Gasteiger partial charge in [0.1, 0.15) is 10.8 Å². The Morgan fingerprint density at radius 3 is 2.54 bits per heavy atom. The maximum absolute atomic E-state index is 12.9. The molecule has 0 N–H and O–H groups in total. The van der Waals surface area contributed by atoms with Crippen LogP contribution in [0.1, 0.15) is 10.4 Å². The summed E-state index contributed by atoms with van der Waals surface area (Å²) in [4.78, 5) is 10.3. The summed E-state index contributed by atoms with van der Waals surface area (Å²) in [6, 6.07) is 1.04. The molecule has 0 amide bonds. The molecule has 0 aliphatic carbocycles. The van der Waals surface area contributed by atoms with Gasteiger partial charge in [0.15, 0.2) is 17.9 Å². The van der Waals surface area contributed by atoms with Crippen LogP contribution in [-0.2, 0) is 0 Å². The first-order chi connectivity index (χ1) is 6.11. The fourth-order valence-corrected chi connectivity index (χ4v) is 1.05. The van der Waals surface area contributed by atoms with E-state index in [9.17, 15) is 13.6 Å². The van der Waals surface area contributed by atoms with Crippen molar-refractivity contribution in [1.82, 2.24) is 0 Å². The van der Waals surface area contributed by atoms with E-state index in [0.717, 1.165) is 6.07 Å². The zero-order valence-corrected chi connectivity index (χ0v) is 7.36. The second-order valence-corrected chi connectivity index (χ2v) is 2.61. The van der Waals surface area contributed by atoms with Gasteiger partial charge in [0.05, 0.1) is 12.7 Å². The smallest absolute Gasteiger partial charge is 0.181 e. The van der Waals surface area contributed by atoms with Crippen molar-refractivity contribution in [2.45, 2.75) is 0 Å². The Morgan fingerprint density at radius 2 is 2.08 bits per heavy atom. The van der Waals surface area contributed by atoms with Gasteiger partial charge in [-0.1, -0.05) is 11.6 Å². The van der Waals surface area contributed by atoms with E-state index in [-0.39, 0.29) is 12.0 Å². The summed E-state index contributed by atoms with van der Waals surface area (Å²) in [6.07, 6.45) is 0.192. The molecule has 70 valence electrons. The quantitative estimate of drug-likeness (QED) is 0.549. The SMILES string of the molecule is COc1cc(C=O)c(F)c(F)c1Cl. The summed E-state index contributed by atoms with van der Waals surface area (Å²) in [5.41, 5.74) is -0.418. The maximum Gasteiger partial charge on any atom is 0.181 e. The van der Waals surface area contributed by atoms with Crippen molar-refractivity contribution in [2.75, 3.05) is 7.11 Å². The third-order valence-corrected chi connectivity index (χ3v) is 1.84. The molecule has 0 aliphatic rings. The van der Waals surface area contributed by atoms with Crippen LogP contribution in [-0.4, -0.2) is 13.4 Å². The van der Waals surface area contributed by atoms with Crippen molar-refractivity contribution >= 4 is 17.9 Å². The van der Waals surface area contributed by atoms with Gasteiger partial charge in [0.2, 0.25) is 0 Å². The van der Waals surface area contributed by atoms with Crippen LogP contribution in [0.25, 0.3) is 0 Å². The van der Waals surface area contributed by atoms with Crippen molar-refractivity contribution in [2.24, 2.45) is 0 Å². The Balaban J connectivity index is 3.45. The van der Waals surface area contributed by atoms with Gasteiger partial charge in [-0.05, 0) is 6.07 Å². The van der Waals surface area contributed by atoms with Crippen molar-refractivity contribution < 1.29 is 18.3 Å². The molecule has 13 heavy (non-hydrogen) atoms. The van der Waals surface area contributed by atoms with E-state index >= 15 is 0 Å². The minimum Gasteiger partial charge on any atom is -0.495 e. The highest BCUT2D eigenvalue weighted by molar-refractivity contribution is 6.32. The molecular weight excluding hydrogens is 202 g/mol. The van der Waals surface area contributed by atoms with Gasteiger partial charge in [-0.25, -0.2) is 8.78 Å².